The Kier molecular flexibility index (Phi) is 11.6. The molecule has 1 saturated heterocycles. The number of hydrogen-bond donors (Lipinski definition) is 5. The maximum absolute atomic E-state index is 11.6. The number of carbonyl (C=O) groups is 4. The molecule has 2 aromatic carbocycles. The summed E-state index contributed by atoms with van der Waals surface area (Å²) in [5.74, 6) is -3.66. The maximum Gasteiger partial charge on any atom is 0.333 e. The number of carboxylic acids is 2. The average Bonchev–Trinajstić information content (AvgIpc) is 3.06. The fraction of sp³-hybridized carbons (Fsp3) is 0.333. The minimum absolute atomic E-state index is 0.101. The first-order valence-electron chi connectivity index (χ1n) is 10.5. The van der Waals surface area contributed by atoms with E-state index in [1.807, 2.05) is 67.6 Å². The predicted molar refractivity (Wildman–Crippen MR) is 122 cm³/mol. The van der Waals surface area contributed by atoms with E-state index in [4.69, 9.17) is 21.1 Å². The van der Waals surface area contributed by atoms with Crippen molar-refractivity contribution in [3.8, 4) is 0 Å². The molecule has 0 unspecified atom stereocenters. The number of aliphatic hydroxyl groups excluding tert-OH is 2. The third kappa shape index (κ3) is 9.10. The molecule has 3 rings (SSSR count). The number of imide groups is 1. The highest BCUT2D eigenvalue weighted by atomic mass is 16.4. The SMILES string of the molecule is C[C@@H](N)c1ccccc1.C[C@H](c1ccccc1)N1C(=O)C[C@@H](O)C1=O.O=C(O)C[C@@H](O)C(=O)O. The second-order valence-corrected chi connectivity index (χ2v) is 7.56. The Morgan fingerprint density at radius 2 is 1.44 bits per heavy atom. The summed E-state index contributed by atoms with van der Waals surface area (Å²) in [6.07, 6.45) is -3.81. The monoisotopic (exact) mass is 474 g/mol. The molecule has 10 nitrogen and oxygen atoms in total. The van der Waals surface area contributed by atoms with Crippen molar-refractivity contribution in [1.29, 1.82) is 0 Å². The number of aliphatic carboxylic acids is 2. The number of benzene rings is 2. The summed E-state index contributed by atoms with van der Waals surface area (Å²) in [6, 6.07) is 19.2. The first-order valence-corrected chi connectivity index (χ1v) is 10.5. The first kappa shape index (κ1) is 28.4. The molecule has 0 aromatic heterocycles. The average molecular weight is 475 g/mol. The number of carbonyl (C=O) groups excluding carboxylic acids is 2. The van der Waals surface area contributed by atoms with Crippen molar-refractivity contribution in [2.24, 2.45) is 5.73 Å². The predicted octanol–water partition coefficient (Wildman–Crippen LogP) is 1.48. The molecular weight excluding hydrogens is 444 g/mol. The van der Waals surface area contributed by atoms with Crippen molar-refractivity contribution in [3.63, 3.8) is 0 Å². The topological polar surface area (TPSA) is 178 Å². The van der Waals surface area contributed by atoms with E-state index >= 15 is 0 Å². The van der Waals surface area contributed by atoms with Gasteiger partial charge in [-0.1, -0.05) is 60.7 Å². The standard InChI is InChI=1S/C12H13NO3.C8H11N.C4H6O5/c1-8(9-5-3-2-4-6-9)13-11(15)7-10(14)12(13)16;1-7(9)8-5-3-2-4-6-8;5-2(4(8)9)1-3(6)7/h2-6,8,10,14H,7H2,1H3;2-7H,9H2,1H3;2,5H,1H2,(H,6,7)(H,8,9)/t8-,10-;7-;2-/m111/s1. The third-order valence-electron chi connectivity index (χ3n) is 4.81. The van der Waals surface area contributed by atoms with Crippen molar-refractivity contribution in [3.05, 3.63) is 71.8 Å². The molecule has 34 heavy (non-hydrogen) atoms. The summed E-state index contributed by atoms with van der Waals surface area (Å²) in [6.45, 7) is 3.76. The Morgan fingerprint density at radius 3 is 1.74 bits per heavy atom. The van der Waals surface area contributed by atoms with Crippen LogP contribution in [0.1, 0.15) is 49.9 Å². The number of rotatable bonds is 6. The lowest BCUT2D eigenvalue weighted by Crippen LogP contribution is -2.34. The Hall–Kier alpha value is -3.60. The smallest absolute Gasteiger partial charge is 0.333 e. The van der Waals surface area contributed by atoms with Crippen LogP contribution in [0.4, 0.5) is 0 Å². The van der Waals surface area contributed by atoms with Gasteiger partial charge in [-0.25, -0.2) is 4.79 Å². The van der Waals surface area contributed by atoms with Gasteiger partial charge in [-0.05, 0) is 25.0 Å². The van der Waals surface area contributed by atoms with Crippen LogP contribution >= 0.6 is 0 Å². The lowest BCUT2D eigenvalue weighted by atomic mass is 10.1. The van der Waals surface area contributed by atoms with Gasteiger partial charge in [-0.2, -0.15) is 0 Å². The van der Waals surface area contributed by atoms with Crippen molar-refractivity contribution in [2.75, 3.05) is 0 Å². The first-order chi connectivity index (χ1) is 16.0. The summed E-state index contributed by atoms with van der Waals surface area (Å²) in [5, 5.41) is 33.5. The molecule has 2 amide bonds. The molecule has 6 N–H and O–H groups in total. The zero-order valence-corrected chi connectivity index (χ0v) is 18.9. The molecule has 1 aliphatic heterocycles. The molecule has 0 bridgehead atoms. The van der Waals surface area contributed by atoms with Crippen molar-refractivity contribution in [2.45, 2.75) is 51.0 Å². The molecule has 0 spiro atoms. The van der Waals surface area contributed by atoms with E-state index in [-0.39, 0.29) is 24.4 Å². The Labute approximate surface area is 197 Å². The fourth-order valence-corrected chi connectivity index (χ4v) is 2.93. The lowest BCUT2D eigenvalue weighted by molar-refractivity contribution is -0.152. The zero-order chi connectivity index (χ0) is 25.8. The van der Waals surface area contributed by atoms with Gasteiger partial charge in [0.1, 0.15) is 6.10 Å². The highest BCUT2D eigenvalue weighted by molar-refractivity contribution is 6.05. The van der Waals surface area contributed by atoms with E-state index in [2.05, 4.69) is 0 Å². The van der Waals surface area contributed by atoms with Gasteiger partial charge in [-0.3, -0.25) is 19.3 Å². The minimum atomic E-state index is -1.79. The van der Waals surface area contributed by atoms with Gasteiger partial charge in [0.05, 0.1) is 18.9 Å². The van der Waals surface area contributed by atoms with Crippen LogP contribution in [0.15, 0.2) is 60.7 Å². The van der Waals surface area contributed by atoms with Gasteiger partial charge in [0.2, 0.25) is 5.91 Å². The zero-order valence-electron chi connectivity index (χ0n) is 18.9. The minimum Gasteiger partial charge on any atom is -0.481 e. The summed E-state index contributed by atoms with van der Waals surface area (Å²) in [4.78, 5) is 43.7. The molecule has 10 heteroatoms. The molecular formula is C24H30N2O8. The van der Waals surface area contributed by atoms with Gasteiger partial charge in [0.15, 0.2) is 6.10 Å². The molecule has 0 saturated carbocycles. The van der Waals surface area contributed by atoms with Crippen molar-refractivity contribution >= 4 is 23.8 Å². The summed E-state index contributed by atoms with van der Waals surface area (Å²) < 4.78 is 0. The maximum atomic E-state index is 11.6. The number of nitrogens with two attached hydrogens (primary N) is 1. The van der Waals surface area contributed by atoms with Crippen molar-refractivity contribution < 1.29 is 39.6 Å². The lowest BCUT2D eigenvalue weighted by Gasteiger charge is -2.22. The molecule has 0 radical (unpaired) electrons. The van der Waals surface area contributed by atoms with Crippen LogP contribution in [0.3, 0.4) is 0 Å². The van der Waals surface area contributed by atoms with Crippen LogP contribution < -0.4 is 5.73 Å². The molecule has 0 aliphatic carbocycles. The molecule has 1 fully saturated rings. The highest BCUT2D eigenvalue weighted by Crippen LogP contribution is 2.26. The molecule has 1 heterocycles. The normalized spacial score (nSPS) is 17.4. The summed E-state index contributed by atoms with van der Waals surface area (Å²) >= 11 is 0. The molecule has 2 aromatic rings. The highest BCUT2D eigenvalue weighted by Gasteiger charge is 2.40. The quantitative estimate of drug-likeness (QED) is 0.388. The summed E-state index contributed by atoms with van der Waals surface area (Å²) in [7, 11) is 0. The van der Waals surface area contributed by atoms with E-state index in [0.29, 0.717) is 0 Å². The third-order valence-corrected chi connectivity index (χ3v) is 4.81. The van der Waals surface area contributed by atoms with E-state index < -0.39 is 36.5 Å². The van der Waals surface area contributed by atoms with Gasteiger partial charge in [-0.15, -0.1) is 0 Å². The van der Waals surface area contributed by atoms with E-state index in [0.717, 1.165) is 10.5 Å². The van der Waals surface area contributed by atoms with Gasteiger partial charge < -0.3 is 26.2 Å². The number of carboxylic acid groups (broad SMARTS) is 2. The van der Waals surface area contributed by atoms with E-state index in [1.54, 1.807) is 6.92 Å². The summed E-state index contributed by atoms with van der Waals surface area (Å²) in [5.41, 5.74) is 7.69. The number of likely N-dealkylation sites (tertiary alicyclic amines) is 1. The van der Waals surface area contributed by atoms with Crippen LogP contribution in [-0.2, 0) is 19.2 Å². The Balaban J connectivity index is 0.000000276. The van der Waals surface area contributed by atoms with Crippen LogP contribution in [-0.4, -0.2) is 61.3 Å². The Bertz CT molecular complexity index is 950. The largest absolute Gasteiger partial charge is 0.481 e. The Morgan fingerprint density at radius 1 is 0.971 bits per heavy atom. The van der Waals surface area contributed by atoms with E-state index in [9.17, 15) is 24.3 Å². The van der Waals surface area contributed by atoms with Gasteiger partial charge in [0.25, 0.3) is 5.91 Å². The van der Waals surface area contributed by atoms with Crippen LogP contribution in [0.5, 0.6) is 0 Å². The van der Waals surface area contributed by atoms with Crippen molar-refractivity contribution in [1.82, 2.24) is 4.90 Å². The second kappa shape index (κ2) is 13.8. The van der Waals surface area contributed by atoms with Gasteiger partial charge in [0, 0.05) is 6.04 Å². The molecule has 1 aliphatic rings. The second-order valence-electron chi connectivity index (χ2n) is 7.56. The number of aliphatic hydroxyl groups is 2. The van der Waals surface area contributed by atoms with Crippen LogP contribution in [0.2, 0.25) is 0 Å². The molecule has 4 atom stereocenters. The number of hydrogen-bond acceptors (Lipinski definition) is 7. The number of nitrogens with zero attached hydrogens (tertiary/aromatic N) is 1. The van der Waals surface area contributed by atoms with Crippen LogP contribution in [0.25, 0.3) is 0 Å². The van der Waals surface area contributed by atoms with Crippen LogP contribution in [0, 0.1) is 0 Å². The number of amides is 2. The van der Waals surface area contributed by atoms with E-state index in [1.165, 1.54) is 5.56 Å². The fourth-order valence-electron chi connectivity index (χ4n) is 2.93. The molecule has 184 valence electrons. The van der Waals surface area contributed by atoms with Gasteiger partial charge >= 0.3 is 11.9 Å².